The minimum atomic E-state index is -0.197. The molecule has 2 N–H and O–H groups in total. The highest BCUT2D eigenvalue weighted by atomic mass is 16.5. The van der Waals surface area contributed by atoms with Crippen molar-refractivity contribution in [2.24, 2.45) is 0 Å². The van der Waals surface area contributed by atoms with Crippen LogP contribution in [0.4, 0.5) is 5.69 Å². The van der Waals surface area contributed by atoms with Gasteiger partial charge in [-0.3, -0.25) is 9.59 Å². The van der Waals surface area contributed by atoms with Gasteiger partial charge in [-0.1, -0.05) is 42.5 Å². The molecule has 2 heterocycles. The third-order valence-corrected chi connectivity index (χ3v) is 5.36. The lowest BCUT2D eigenvalue weighted by molar-refractivity contribution is -0.120. The maximum Gasteiger partial charge on any atom is 0.253 e. The van der Waals surface area contributed by atoms with Gasteiger partial charge in [0.2, 0.25) is 11.8 Å². The predicted octanol–water partition coefficient (Wildman–Crippen LogP) is 3.09. The summed E-state index contributed by atoms with van der Waals surface area (Å²) >= 11 is 0. The van der Waals surface area contributed by atoms with E-state index in [9.17, 15) is 9.59 Å². The molecule has 32 heavy (non-hydrogen) atoms. The number of aromatic nitrogens is 1. The Hall–Kier alpha value is -3.87. The molecule has 4 rings (SSSR count). The summed E-state index contributed by atoms with van der Waals surface area (Å²) < 4.78 is 5.86. The summed E-state index contributed by atoms with van der Waals surface area (Å²) in [6.45, 7) is 4.18. The lowest BCUT2D eigenvalue weighted by Gasteiger charge is -2.28. The number of ether oxygens (including phenoxy) is 1. The first-order chi connectivity index (χ1) is 15.6. The molecule has 0 unspecified atom stereocenters. The number of piperazine rings is 1. The number of nitrogens with zero attached hydrogens (tertiary/aromatic N) is 2. The van der Waals surface area contributed by atoms with E-state index in [-0.39, 0.29) is 17.9 Å². The van der Waals surface area contributed by atoms with Crippen LogP contribution in [0.25, 0.3) is 0 Å². The normalized spacial score (nSPS) is 14.4. The summed E-state index contributed by atoms with van der Waals surface area (Å²) in [7, 11) is 0. The van der Waals surface area contributed by atoms with Gasteiger partial charge < -0.3 is 20.3 Å². The van der Waals surface area contributed by atoms with Gasteiger partial charge in [0.05, 0.1) is 12.1 Å². The lowest BCUT2D eigenvalue weighted by Crippen LogP contribution is -2.47. The van der Waals surface area contributed by atoms with Gasteiger partial charge in [-0.2, -0.15) is 0 Å². The van der Waals surface area contributed by atoms with E-state index >= 15 is 0 Å². The molecule has 0 spiro atoms. The van der Waals surface area contributed by atoms with Gasteiger partial charge in [-0.05, 0) is 36.2 Å². The number of carbonyl (C=O) groups excluding carboxylic acids is 2. The zero-order valence-corrected chi connectivity index (χ0v) is 18.0. The van der Waals surface area contributed by atoms with Crippen molar-refractivity contribution in [3.63, 3.8) is 0 Å². The smallest absolute Gasteiger partial charge is 0.253 e. The summed E-state index contributed by atoms with van der Waals surface area (Å²) in [6, 6.07) is 21.2. The van der Waals surface area contributed by atoms with E-state index in [0.29, 0.717) is 31.1 Å². The van der Waals surface area contributed by atoms with Crippen LogP contribution in [0.3, 0.4) is 0 Å². The Bertz CT molecular complexity index is 1050. The van der Waals surface area contributed by atoms with Crippen LogP contribution in [-0.4, -0.2) is 36.4 Å². The molecule has 7 heteroatoms. The fourth-order valence-electron chi connectivity index (χ4n) is 3.53. The molecule has 0 bridgehead atoms. The summed E-state index contributed by atoms with van der Waals surface area (Å²) in [5, 5.41) is 5.73. The molecular weight excluding hydrogens is 404 g/mol. The average molecular weight is 431 g/mol. The number of nitrogens with one attached hydrogen (secondary N) is 2. The summed E-state index contributed by atoms with van der Waals surface area (Å²) in [6.07, 6.45) is 1.39. The number of pyridine rings is 1. The highest BCUT2D eigenvalue weighted by molar-refractivity contribution is 5.93. The van der Waals surface area contributed by atoms with Crippen molar-refractivity contribution in [1.82, 2.24) is 15.6 Å². The Morgan fingerprint density at radius 3 is 2.59 bits per heavy atom. The van der Waals surface area contributed by atoms with Crippen LogP contribution in [-0.2, 0) is 11.3 Å². The maximum absolute atomic E-state index is 12.5. The number of carbonyl (C=O) groups is 2. The van der Waals surface area contributed by atoms with Gasteiger partial charge in [0, 0.05) is 37.6 Å². The predicted molar refractivity (Wildman–Crippen MR) is 123 cm³/mol. The highest BCUT2D eigenvalue weighted by Gasteiger charge is 2.16. The second-order valence-electron chi connectivity index (χ2n) is 7.68. The monoisotopic (exact) mass is 430 g/mol. The maximum atomic E-state index is 12.5. The molecule has 1 aromatic heterocycles. The van der Waals surface area contributed by atoms with Crippen LogP contribution >= 0.6 is 0 Å². The van der Waals surface area contributed by atoms with Crippen LogP contribution in [0.15, 0.2) is 72.9 Å². The molecule has 1 aliphatic heterocycles. The fraction of sp³-hybridized carbons (Fsp3) is 0.240. The first kappa shape index (κ1) is 21.4. The summed E-state index contributed by atoms with van der Waals surface area (Å²) in [5.74, 6) is 0.309. The first-order valence-corrected chi connectivity index (χ1v) is 10.6. The number of anilines is 1. The molecule has 0 aliphatic carbocycles. The van der Waals surface area contributed by atoms with Crippen LogP contribution in [0.5, 0.6) is 5.88 Å². The van der Waals surface area contributed by atoms with Crippen molar-refractivity contribution in [2.45, 2.75) is 19.6 Å². The van der Waals surface area contributed by atoms with Crippen LogP contribution in [0, 0.1) is 0 Å². The van der Waals surface area contributed by atoms with Gasteiger partial charge in [-0.15, -0.1) is 0 Å². The molecule has 3 aromatic rings. The minimum absolute atomic E-state index is 0.0344. The highest BCUT2D eigenvalue weighted by Crippen LogP contribution is 2.20. The molecular formula is C25H26N4O3. The Kier molecular flexibility index (Phi) is 6.65. The SMILES string of the molecule is C[C@H](Oc1ccc(C(=O)NCc2ccc(N3CCNC(=O)C3)cc2)cn1)c1ccccc1. The molecule has 0 saturated carbocycles. The van der Waals surface area contributed by atoms with Crippen molar-refractivity contribution in [1.29, 1.82) is 0 Å². The average Bonchev–Trinajstić information content (AvgIpc) is 2.84. The fourth-order valence-corrected chi connectivity index (χ4v) is 3.53. The van der Waals surface area contributed by atoms with Crippen molar-refractivity contribution in [3.8, 4) is 5.88 Å². The minimum Gasteiger partial charge on any atom is -0.470 e. The Balaban J connectivity index is 1.29. The Morgan fingerprint density at radius 1 is 1.12 bits per heavy atom. The molecule has 1 fully saturated rings. The third-order valence-electron chi connectivity index (χ3n) is 5.36. The van der Waals surface area contributed by atoms with Crippen molar-refractivity contribution in [2.75, 3.05) is 24.5 Å². The summed E-state index contributed by atoms with van der Waals surface area (Å²) in [5.41, 5.74) is 3.51. The van der Waals surface area contributed by atoms with E-state index in [2.05, 4.69) is 15.6 Å². The van der Waals surface area contributed by atoms with E-state index in [1.165, 1.54) is 6.20 Å². The van der Waals surface area contributed by atoms with Crippen LogP contribution in [0.1, 0.15) is 34.5 Å². The standard InChI is InChI=1S/C25H26N4O3/c1-18(20-5-3-2-4-6-20)32-24-12-9-21(16-27-24)25(31)28-15-19-7-10-22(11-8-19)29-14-13-26-23(30)17-29/h2-12,16,18H,13-15,17H2,1H3,(H,26,30)(H,28,31)/t18-/m0/s1. The second-order valence-corrected chi connectivity index (χ2v) is 7.68. The number of amides is 2. The van der Waals surface area contributed by atoms with Gasteiger partial charge in [0.1, 0.15) is 6.10 Å². The van der Waals surface area contributed by atoms with Crippen LogP contribution < -0.4 is 20.3 Å². The van der Waals surface area contributed by atoms with E-state index < -0.39 is 0 Å². The topological polar surface area (TPSA) is 83.6 Å². The van der Waals surface area contributed by atoms with E-state index in [0.717, 1.165) is 23.4 Å². The molecule has 164 valence electrons. The van der Waals surface area contributed by atoms with Crippen molar-refractivity contribution < 1.29 is 14.3 Å². The molecule has 7 nitrogen and oxygen atoms in total. The lowest BCUT2D eigenvalue weighted by atomic mass is 10.1. The number of hydrogen-bond acceptors (Lipinski definition) is 5. The Morgan fingerprint density at radius 2 is 1.91 bits per heavy atom. The molecule has 1 aliphatic rings. The summed E-state index contributed by atoms with van der Waals surface area (Å²) in [4.78, 5) is 30.3. The molecule has 1 atom stereocenters. The first-order valence-electron chi connectivity index (χ1n) is 10.6. The number of hydrogen-bond donors (Lipinski definition) is 2. The Labute approximate surface area is 187 Å². The third kappa shape index (κ3) is 5.43. The van der Waals surface area contributed by atoms with Crippen LogP contribution in [0.2, 0.25) is 0 Å². The van der Waals surface area contributed by atoms with Crippen molar-refractivity contribution >= 4 is 17.5 Å². The van der Waals surface area contributed by atoms with Gasteiger partial charge in [-0.25, -0.2) is 4.98 Å². The van der Waals surface area contributed by atoms with E-state index in [1.54, 1.807) is 12.1 Å². The molecule has 0 radical (unpaired) electrons. The largest absolute Gasteiger partial charge is 0.470 e. The molecule has 1 saturated heterocycles. The molecule has 2 aromatic carbocycles. The quantitative estimate of drug-likeness (QED) is 0.602. The van der Waals surface area contributed by atoms with Crippen molar-refractivity contribution in [3.05, 3.63) is 89.6 Å². The van der Waals surface area contributed by atoms with E-state index in [1.807, 2.05) is 66.4 Å². The van der Waals surface area contributed by atoms with Gasteiger partial charge in [0.25, 0.3) is 5.91 Å². The molecule has 2 amide bonds. The zero-order chi connectivity index (χ0) is 22.3. The van der Waals surface area contributed by atoms with Gasteiger partial charge in [0.15, 0.2) is 0 Å². The van der Waals surface area contributed by atoms with Gasteiger partial charge >= 0.3 is 0 Å². The zero-order valence-electron chi connectivity index (χ0n) is 18.0. The van der Waals surface area contributed by atoms with E-state index in [4.69, 9.17) is 4.74 Å². The second kappa shape index (κ2) is 9.96. The number of benzene rings is 2. The number of rotatable bonds is 7.